The van der Waals surface area contributed by atoms with E-state index in [1.54, 1.807) is 0 Å². The van der Waals surface area contributed by atoms with Crippen LogP contribution < -0.4 is 5.32 Å². The van der Waals surface area contributed by atoms with Crippen LogP contribution in [-0.2, 0) is 17.8 Å². The molecule has 5 heteroatoms. The second kappa shape index (κ2) is 8.13. The van der Waals surface area contributed by atoms with Crippen molar-refractivity contribution in [2.45, 2.75) is 40.7 Å². The zero-order valence-electron chi connectivity index (χ0n) is 16.3. The molecule has 0 radical (unpaired) electrons. The zero-order chi connectivity index (χ0) is 19.6. The summed E-state index contributed by atoms with van der Waals surface area (Å²) in [7, 11) is 0. The molecule has 1 aromatic heterocycles. The van der Waals surface area contributed by atoms with Crippen molar-refractivity contribution < 1.29 is 4.79 Å². The smallest absolute Gasteiger partial charge is 0.240 e. The van der Waals surface area contributed by atoms with Crippen molar-refractivity contribution in [2.24, 2.45) is 5.92 Å². The molecule has 0 aliphatic rings. The average Bonchev–Trinajstić information content (AvgIpc) is 2.92. The lowest BCUT2D eigenvalue weighted by atomic mass is 10.1. The monoisotopic (exact) mass is 383 g/mol. The molecule has 0 aliphatic heterocycles. The highest BCUT2D eigenvalue weighted by Gasteiger charge is 2.16. The highest BCUT2D eigenvalue weighted by atomic mass is 35.5. The fraction of sp³-hybridized carbons (Fsp3) is 0.364. The summed E-state index contributed by atoms with van der Waals surface area (Å²) in [6.07, 6.45) is 0.587. The minimum absolute atomic E-state index is 0.00152. The molecule has 1 N–H and O–H groups in total. The molecule has 142 valence electrons. The molecule has 0 spiro atoms. The molecule has 0 saturated heterocycles. The number of imidazole rings is 1. The number of carbonyl (C=O) groups is 1. The van der Waals surface area contributed by atoms with Crippen LogP contribution in [0.5, 0.6) is 0 Å². The van der Waals surface area contributed by atoms with E-state index < -0.39 is 0 Å². The topological polar surface area (TPSA) is 46.9 Å². The Balaban J connectivity index is 2.00. The van der Waals surface area contributed by atoms with Crippen LogP contribution in [0.2, 0.25) is 5.02 Å². The van der Waals surface area contributed by atoms with Crippen molar-refractivity contribution in [2.75, 3.05) is 6.54 Å². The van der Waals surface area contributed by atoms with Crippen molar-refractivity contribution in [3.63, 3.8) is 0 Å². The fourth-order valence-corrected chi connectivity index (χ4v) is 3.27. The summed E-state index contributed by atoms with van der Waals surface area (Å²) in [6, 6.07) is 12.0. The molecule has 4 nitrogen and oxygen atoms in total. The van der Waals surface area contributed by atoms with Crippen molar-refractivity contribution >= 4 is 28.5 Å². The van der Waals surface area contributed by atoms with Crippen LogP contribution in [0.1, 0.15) is 36.4 Å². The van der Waals surface area contributed by atoms with Crippen LogP contribution >= 0.6 is 11.6 Å². The Morgan fingerprint density at radius 2 is 1.89 bits per heavy atom. The Bertz CT molecular complexity index is 975. The largest absolute Gasteiger partial charge is 0.354 e. The van der Waals surface area contributed by atoms with Crippen molar-refractivity contribution in [1.82, 2.24) is 14.9 Å². The number of nitrogens with one attached hydrogen (secondary N) is 1. The Morgan fingerprint density at radius 3 is 2.59 bits per heavy atom. The first-order valence-electron chi connectivity index (χ1n) is 9.31. The molecular formula is C22H26ClN3O. The Morgan fingerprint density at radius 1 is 1.19 bits per heavy atom. The molecular weight excluding hydrogens is 358 g/mol. The number of hydrogen-bond donors (Lipinski definition) is 1. The molecule has 3 rings (SSSR count). The highest BCUT2D eigenvalue weighted by molar-refractivity contribution is 6.31. The van der Waals surface area contributed by atoms with Crippen LogP contribution in [0.15, 0.2) is 36.4 Å². The molecule has 0 aliphatic carbocycles. The number of benzene rings is 2. The maximum absolute atomic E-state index is 12.5. The van der Waals surface area contributed by atoms with Gasteiger partial charge in [-0.1, -0.05) is 43.6 Å². The van der Waals surface area contributed by atoms with Crippen LogP contribution in [0, 0.1) is 19.8 Å². The molecule has 2 aromatic carbocycles. The van der Waals surface area contributed by atoms with Gasteiger partial charge in [-0.25, -0.2) is 4.98 Å². The summed E-state index contributed by atoms with van der Waals surface area (Å²) in [6.45, 7) is 9.26. The predicted octanol–water partition coefficient (Wildman–Crippen LogP) is 4.67. The lowest BCUT2D eigenvalue weighted by Crippen LogP contribution is -2.31. The average molecular weight is 384 g/mol. The Labute approximate surface area is 165 Å². The minimum Gasteiger partial charge on any atom is -0.354 e. The van der Waals surface area contributed by atoms with Crippen molar-refractivity contribution in [3.8, 4) is 0 Å². The molecule has 0 fully saturated rings. The van der Waals surface area contributed by atoms with E-state index in [0.717, 1.165) is 22.4 Å². The predicted molar refractivity (Wildman–Crippen MR) is 111 cm³/mol. The number of nitrogens with zero attached hydrogens (tertiary/aromatic N) is 2. The third kappa shape index (κ3) is 4.51. The van der Waals surface area contributed by atoms with Crippen molar-refractivity contribution in [3.05, 3.63) is 63.9 Å². The summed E-state index contributed by atoms with van der Waals surface area (Å²) >= 11 is 6.35. The van der Waals surface area contributed by atoms with Gasteiger partial charge in [0.1, 0.15) is 12.4 Å². The van der Waals surface area contributed by atoms with Crippen LogP contribution in [0.4, 0.5) is 0 Å². The second-order valence-electron chi connectivity index (χ2n) is 7.51. The number of aryl methyl sites for hydroxylation is 2. The maximum atomic E-state index is 12.5. The van der Waals surface area contributed by atoms with Crippen LogP contribution in [0.3, 0.4) is 0 Å². The standard InChI is InChI=1S/C22H26ClN3O/c1-14(2)12-24-22(27)13-26-20-10-16(4)15(3)9-19(20)25-21(26)11-17-7-5-6-8-18(17)23/h5-10,14H,11-13H2,1-4H3,(H,24,27). The summed E-state index contributed by atoms with van der Waals surface area (Å²) in [5, 5.41) is 3.72. The molecule has 1 amide bonds. The van der Waals surface area contributed by atoms with E-state index in [-0.39, 0.29) is 12.5 Å². The van der Waals surface area contributed by atoms with Gasteiger partial charge in [-0.3, -0.25) is 4.79 Å². The van der Waals surface area contributed by atoms with E-state index in [4.69, 9.17) is 16.6 Å². The third-order valence-corrected chi connectivity index (χ3v) is 5.13. The van der Waals surface area contributed by atoms with Gasteiger partial charge in [-0.05, 0) is 54.7 Å². The molecule has 1 heterocycles. The van der Waals surface area contributed by atoms with Gasteiger partial charge < -0.3 is 9.88 Å². The molecule has 0 unspecified atom stereocenters. The van der Waals surface area contributed by atoms with Gasteiger partial charge in [0.25, 0.3) is 0 Å². The molecule has 27 heavy (non-hydrogen) atoms. The van der Waals surface area contributed by atoms with E-state index in [1.165, 1.54) is 11.1 Å². The number of fused-ring (bicyclic) bond motifs is 1. The maximum Gasteiger partial charge on any atom is 0.240 e. The van der Waals surface area contributed by atoms with Gasteiger partial charge in [0.05, 0.1) is 11.0 Å². The van der Waals surface area contributed by atoms with Crippen LogP contribution in [0.25, 0.3) is 11.0 Å². The van der Waals surface area contributed by atoms with E-state index in [2.05, 4.69) is 45.1 Å². The van der Waals surface area contributed by atoms with Gasteiger partial charge in [0.15, 0.2) is 0 Å². The van der Waals surface area contributed by atoms with E-state index in [9.17, 15) is 4.79 Å². The van der Waals surface area contributed by atoms with Crippen LogP contribution in [-0.4, -0.2) is 22.0 Å². The fourth-order valence-electron chi connectivity index (χ4n) is 3.07. The van der Waals surface area contributed by atoms with E-state index >= 15 is 0 Å². The number of rotatable bonds is 6. The molecule has 0 saturated carbocycles. The Kier molecular flexibility index (Phi) is 5.85. The summed E-state index contributed by atoms with van der Waals surface area (Å²) < 4.78 is 2.01. The number of aromatic nitrogens is 2. The summed E-state index contributed by atoms with van der Waals surface area (Å²) in [5.41, 5.74) is 5.29. The number of halogens is 1. The number of hydrogen-bond acceptors (Lipinski definition) is 2. The van der Waals surface area contributed by atoms with Gasteiger partial charge in [-0.15, -0.1) is 0 Å². The number of amides is 1. The first-order valence-corrected chi connectivity index (χ1v) is 9.69. The SMILES string of the molecule is Cc1cc2nc(Cc3ccccc3Cl)n(CC(=O)NCC(C)C)c2cc1C. The molecule has 3 aromatic rings. The lowest BCUT2D eigenvalue weighted by molar-refractivity contribution is -0.121. The normalized spacial score (nSPS) is 11.3. The first kappa shape index (κ1) is 19.4. The van der Waals surface area contributed by atoms with E-state index in [1.807, 2.05) is 28.8 Å². The van der Waals surface area contributed by atoms with Gasteiger partial charge in [0.2, 0.25) is 5.91 Å². The highest BCUT2D eigenvalue weighted by Crippen LogP contribution is 2.24. The Hall–Kier alpha value is -2.33. The number of carbonyl (C=O) groups excluding carboxylic acids is 1. The third-order valence-electron chi connectivity index (χ3n) is 4.76. The van der Waals surface area contributed by atoms with Gasteiger partial charge in [-0.2, -0.15) is 0 Å². The second-order valence-corrected chi connectivity index (χ2v) is 7.91. The molecule has 0 bridgehead atoms. The summed E-state index contributed by atoms with van der Waals surface area (Å²) in [4.78, 5) is 17.3. The van der Waals surface area contributed by atoms with Crippen molar-refractivity contribution in [1.29, 1.82) is 0 Å². The van der Waals surface area contributed by atoms with Gasteiger partial charge in [0, 0.05) is 18.0 Å². The summed E-state index contributed by atoms with van der Waals surface area (Å²) in [5.74, 6) is 1.27. The first-order chi connectivity index (χ1) is 12.8. The zero-order valence-corrected chi connectivity index (χ0v) is 17.1. The van der Waals surface area contributed by atoms with E-state index in [0.29, 0.717) is 23.9 Å². The lowest BCUT2D eigenvalue weighted by Gasteiger charge is -2.12. The minimum atomic E-state index is 0.00152. The molecule has 0 atom stereocenters. The van der Waals surface area contributed by atoms with Gasteiger partial charge >= 0.3 is 0 Å². The quantitative estimate of drug-likeness (QED) is 0.672.